The second kappa shape index (κ2) is 5.63. The maximum absolute atomic E-state index is 11.8. The zero-order valence-corrected chi connectivity index (χ0v) is 11.3. The Hall–Kier alpha value is -1.20. The van der Waals surface area contributed by atoms with E-state index in [1.165, 1.54) is 12.7 Å². The van der Waals surface area contributed by atoms with Gasteiger partial charge in [0.15, 0.2) is 0 Å². The molecule has 3 atom stereocenters. The van der Waals surface area contributed by atoms with Gasteiger partial charge in [-0.2, -0.15) is 0 Å². The molecule has 0 saturated carbocycles. The lowest BCUT2D eigenvalue weighted by atomic mass is 10.1. The normalized spacial score (nSPS) is 27.8. The van der Waals surface area contributed by atoms with Crippen LogP contribution in [0.3, 0.4) is 0 Å². The summed E-state index contributed by atoms with van der Waals surface area (Å²) in [6.45, 7) is 2.02. The van der Waals surface area contributed by atoms with Crippen LogP contribution < -0.4 is 5.32 Å². The van der Waals surface area contributed by atoms with Crippen LogP contribution in [-0.2, 0) is 20.3 Å². The van der Waals surface area contributed by atoms with Crippen LogP contribution in [0.25, 0.3) is 0 Å². The molecule has 1 N–H and O–H groups in total. The molecule has 0 radical (unpaired) electrons. The van der Waals surface area contributed by atoms with Gasteiger partial charge in [-0.25, -0.2) is 0 Å². The SMILES string of the molecule is COC(=O)C1CS(=O)CC(c2ccc(C)cc2)N1. The van der Waals surface area contributed by atoms with Gasteiger partial charge in [-0.15, -0.1) is 0 Å². The molecule has 3 unspecified atom stereocenters. The van der Waals surface area contributed by atoms with E-state index in [1.54, 1.807) is 0 Å². The Morgan fingerprint density at radius 2 is 2.00 bits per heavy atom. The third kappa shape index (κ3) is 2.97. The summed E-state index contributed by atoms with van der Waals surface area (Å²) in [5, 5.41) is 3.20. The van der Waals surface area contributed by atoms with Crippen molar-refractivity contribution in [2.75, 3.05) is 18.6 Å². The average molecular weight is 267 g/mol. The predicted octanol–water partition coefficient (Wildman–Crippen LogP) is 0.930. The highest BCUT2D eigenvalue weighted by molar-refractivity contribution is 7.85. The minimum atomic E-state index is -0.992. The van der Waals surface area contributed by atoms with E-state index >= 15 is 0 Å². The molecular formula is C13H17NO3S. The number of nitrogens with one attached hydrogen (secondary N) is 1. The summed E-state index contributed by atoms with van der Waals surface area (Å²) in [5.74, 6) is 0.520. The smallest absolute Gasteiger partial charge is 0.323 e. The van der Waals surface area contributed by atoms with Gasteiger partial charge in [-0.1, -0.05) is 29.8 Å². The quantitative estimate of drug-likeness (QED) is 0.810. The number of hydrogen-bond donors (Lipinski definition) is 1. The van der Waals surface area contributed by atoms with Crippen LogP contribution in [0, 0.1) is 6.92 Å². The first-order valence-electron chi connectivity index (χ1n) is 5.85. The van der Waals surface area contributed by atoms with Crippen LogP contribution in [0.5, 0.6) is 0 Å². The summed E-state index contributed by atoms with van der Waals surface area (Å²) >= 11 is 0. The molecule has 0 aromatic heterocycles. The van der Waals surface area contributed by atoms with Crippen LogP contribution in [0.1, 0.15) is 17.2 Å². The van der Waals surface area contributed by atoms with Crippen LogP contribution in [0.15, 0.2) is 24.3 Å². The van der Waals surface area contributed by atoms with Gasteiger partial charge < -0.3 is 4.74 Å². The molecule has 1 aliphatic heterocycles. The zero-order chi connectivity index (χ0) is 13.1. The van der Waals surface area contributed by atoms with Gasteiger partial charge in [0, 0.05) is 28.3 Å². The molecule has 0 spiro atoms. The molecule has 1 saturated heterocycles. The molecule has 0 bridgehead atoms. The lowest BCUT2D eigenvalue weighted by Gasteiger charge is -2.29. The van der Waals surface area contributed by atoms with Crippen molar-refractivity contribution in [3.8, 4) is 0 Å². The monoisotopic (exact) mass is 267 g/mol. The molecule has 0 aliphatic carbocycles. The van der Waals surface area contributed by atoms with Crippen LogP contribution in [-0.4, -0.2) is 34.8 Å². The van der Waals surface area contributed by atoms with Gasteiger partial charge in [0.2, 0.25) is 0 Å². The van der Waals surface area contributed by atoms with Crippen LogP contribution in [0.4, 0.5) is 0 Å². The lowest BCUT2D eigenvalue weighted by molar-refractivity contribution is -0.142. The number of benzene rings is 1. The fourth-order valence-electron chi connectivity index (χ4n) is 2.05. The maximum Gasteiger partial charge on any atom is 0.323 e. The van der Waals surface area contributed by atoms with Crippen molar-refractivity contribution in [2.45, 2.75) is 19.0 Å². The first kappa shape index (κ1) is 13.2. The fourth-order valence-corrected chi connectivity index (χ4v) is 3.45. The Kier molecular flexibility index (Phi) is 4.14. The van der Waals surface area contributed by atoms with E-state index in [-0.39, 0.29) is 12.0 Å². The Bertz CT molecular complexity index is 458. The van der Waals surface area contributed by atoms with Crippen LogP contribution in [0.2, 0.25) is 0 Å². The van der Waals surface area contributed by atoms with Crippen molar-refractivity contribution in [3.63, 3.8) is 0 Å². The molecule has 0 amide bonds. The van der Waals surface area contributed by atoms with Crippen molar-refractivity contribution < 1.29 is 13.7 Å². The Labute approximate surface area is 109 Å². The average Bonchev–Trinajstić information content (AvgIpc) is 2.38. The maximum atomic E-state index is 11.8. The first-order valence-corrected chi connectivity index (χ1v) is 7.34. The van der Waals surface area contributed by atoms with Crippen molar-refractivity contribution in [1.82, 2.24) is 5.32 Å². The van der Waals surface area contributed by atoms with Gasteiger partial charge in [0.25, 0.3) is 0 Å². The van der Waals surface area contributed by atoms with Gasteiger partial charge in [-0.3, -0.25) is 14.3 Å². The Balaban J connectivity index is 2.15. The first-order chi connectivity index (χ1) is 8.60. The standard InChI is InChI=1S/C13H17NO3S/c1-9-3-5-10(6-4-9)11-7-18(16)8-12(14-11)13(15)17-2/h3-6,11-12,14H,7-8H2,1-2H3. The molecule has 1 aromatic rings. The van der Waals surface area contributed by atoms with Crippen LogP contribution >= 0.6 is 0 Å². The molecule has 1 aliphatic rings. The number of methoxy groups -OCH3 is 1. The summed E-state index contributed by atoms with van der Waals surface area (Å²) in [7, 11) is 0.358. The second-order valence-corrected chi connectivity index (χ2v) is 6.03. The lowest BCUT2D eigenvalue weighted by Crippen LogP contribution is -2.49. The highest BCUT2D eigenvalue weighted by atomic mass is 32.2. The van der Waals surface area contributed by atoms with Crippen molar-refractivity contribution in [2.24, 2.45) is 0 Å². The Morgan fingerprint density at radius 3 is 2.61 bits per heavy atom. The molecule has 5 heteroatoms. The van der Waals surface area contributed by atoms with Crippen molar-refractivity contribution >= 4 is 16.8 Å². The number of esters is 1. The molecule has 1 heterocycles. The second-order valence-electron chi connectivity index (χ2n) is 4.48. The summed E-state index contributed by atoms with van der Waals surface area (Å²) in [5.41, 5.74) is 2.24. The number of rotatable bonds is 2. The van der Waals surface area contributed by atoms with Gasteiger partial charge >= 0.3 is 5.97 Å². The zero-order valence-electron chi connectivity index (χ0n) is 10.5. The molecule has 1 aromatic carbocycles. The number of carbonyl (C=O) groups excluding carboxylic acids is 1. The third-order valence-electron chi connectivity index (χ3n) is 3.07. The highest BCUT2D eigenvalue weighted by Crippen LogP contribution is 2.20. The summed E-state index contributed by atoms with van der Waals surface area (Å²) in [4.78, 5) is 11.5. The van der Waals surface area contributed by atoms with E-state index in [4.69, 9.17) is 4.74 Å². The van der Waals surface area contributed by atoms with E-state index in [2.05, 4.69) is 5.32 Å². The fraction of sp³-hybridized carbons (Fsp3) is 0.462. The Morgan fingerprint density at radius 1 is 1.33 bits per heavy atom. The number of aryl methyl sites for hydroxylation is 1. The molecule has 4 nitrogen and oxygen atoms in total. The van der Waals surface area contributed by atoms with E-state index in [1.807, 2.05) is 31.2 Å². The summed E-state index contributed by atoms with van der Waals surface area (Å²) < 4.78 is 16.5. The number of hydrogen-bond acceptors (Lipinski definition) is 4. The van der Waals surface area contributed by atoms with E-state index in [0.29, 0.717) is 11.5 Å². The largest absolute Gasteiger partial charge is 0.468 e. The minimum Gasteiger partial charge on any atom is -0.468 e. The summed E-state index contributed by atoms with van der Waals surface area (Å²) in [6.07, 6.45) is 0. The number of carbonyl (C=O) groups is 1. The van der Waals surface area contributed by atoms with E-state index in [0.717, 1.165) is 5.56 Å². The van der Waals surface area contributed by atoms with Gasteiger partial charge in [0.05, 0.1) is 7.11 Å². The van der Waals surface area contributed by atoms with Gasteiger partial charge in [-0.05, 0) is 12.5 Å². The highest BCUT2D eigenvalue weighted by Gasteiger charge is 2.31. The molecule has 18 heavy (non-hydrogen) atoms. The molecular weight excluding hydrogens is 250 g/mol. The molecule has 98 valence electrons. The predicted molar refractivity (Wildman–Crippen MR) is 70.7 cm³/mol. The minimum absolute atomic E-state index is 0.0516. The van der Waals surface area contributed by atoms with E-state index in [9.17, 15) is 9.00 Å². The summed E-state index contributed by atoms with van der Waals surface area (Å²) in [6, 6.07) is 7.51. The van der Waals surface area contributed by atoms with E-state index < -0.39 is 16.8 Å². The number of ether oxygens (including phenoxy) is 1. The third-order valence-corrected chi connectivity index (χ3v) is 4.48. The van der Waals surface area contributed by atoms with Crippen molar-refractivity contribution in [3.05, 3.63) is 35.4 Å². The topological polar surface area (TPSA) is 55.4 Å². The van der Waals surface area contributed by atoms with Crippen molar-refractivity contribution in [1.29, 1.82) is 0 Å². The molecule has 2 rings (SSSR count). The molecule has 1 fully saturated rings. The van der Waals surface area contributed by atoms with Gasteiger partial charge in [0.1, 0.15) is 6.04 Å².